The maximum atomic E-state index is 5.50. The molecule has 0 aromatic carbocycles. The summed E-state index contributed by atoms with van der Waals surface area (Å²) in [5.74, 6) is 1.03. The zero-order chi connectivity index (χ0) is 15.7. The molecule has 0 radical (unpaired) electrons. The van der Waals surface area contributed by atoms with E-state index in [0.717, 1.165) is 29.3 Å². The number of hydrogen-bond acceptors (Lipinski definition) is 1. The van der Waals surface area contributed by atoms with Crippen LogP contribution in [-0.2, 0) is 0 Å². The Kier molecular flexibility index (Phi) is 10.7. The molecule has 0 spiro atoms. The Morgan fingerprint density at radius 1 is 1.35 bits per heavy atom. The van der Waals surface area contributed by atoms with Crippen LogP contribution in [0.5, 0.6) is 0 Å². The van der Waals surface area contributed by atoms with Gasteiger partial charge in [0.05, 0.1) is 0 Å². The standard InChI is InChI=1S/C15H25PS.C3H8/c1-6-14-11(3)8-13(10-15(14)17)9-12(4)16(5)7-2;1-3-2/h6,12-14H,1,3,7-10H2,2,4-5H3;3H2,1-2H3. The highest BCUT2D eigenvalue weighted by Gasteiger charge is 2.28. The number of allylic oxidation sites excluding steroid dienone is 2. The summed E-state index contributed by atoms with van der Waals surface area (Å²) in [6, 6.07) is 0. The van der Waals surface area contributed by atoms with Crippen molar-refractivity contribution in [2.75, 3.05) is 12.8 Å². The van der Waals surface area contributed by atoms with Gasteiger partial charge in [0.2, 0.25) is 0 Å². The van der Waals surface area contributed by atoms with Crippen molar-refractivity contribution in [3.8, 4) is 0 Å². The molecule has 1 aliphatic carbocycles. The van der Waals surface area contributed by atoms with Crippen LogP contribution in [0.15, 0.2) is 24.8 Å². The maximum Gasteiger partial charge on any atom is 0.0287 e. The Bertz CT molecular complexity index is 303. The number of hydrogen-bond donors (Lipinski definition) is 0. The van der Waals surface area contributed by atoms with Crippen LogP contribution in [0.25, 0.3) is 0 Å². The second kappa shape index (κ2) is 10.7. The monoisotopic (exact) mass is 312 g/mol. The molecule has 0 aromatic rings. The Balaban J connectivity index is 0.00000110. The van der Waals surface area contributed by atoms with Crippen molar-refractivity contribution in [3.63, 3.8) is 0 Å². The highest BCUT2D eigenvalue weighted by atomic mass is 32.1. The minimum absolute atomic E-state index is 0.199. The van der Waals surface area contributed by atoms with Crippen molar-refractivity contribution in [2.45, 2.75) is 59.0 Å². The van der Waals surface area contributed by atoms with E-state index in [2.05, 4.69) is 47.5 Å². The van der Waals surface area contributed by atoms with E-state index in [1.165, 1.54) is 24.6 Å². The minimum Gasteiger partial charge on any atom is -0.107 e. The fourth-order valence-electron chi connectivity index (χ4n) is 2.65. The van der Waals surface area contributed by atoms with E-state index in [9.17, 15) is 0 Å². The lowest BCUT2D eigenvalue weighted by atomic mass is 9.77. The van der Waals surface area contributed by atoms with Gasteiger partial charge >= 0.3 is 0 Å². The molecule has 20 heavy (non-hydrogen) atoms. The van der Waals surface area contributed by atoms with Crippen LogP contribution >= 0.6 is 20.1 Å². The van der Waals surface area contributed by atoms with Crippen LogP contribution in [0.4, 0.5) is 0 Å². The van der Waals surface area contributed by atoms with Crippen molar-refractivity contribution in [1.82, 2.24) is 0 Å². The largest absolute Gasteiger partial charge is 0.107 e. The Morgan fingerprint density at radius 2 is 1.90 bits per heavy atom. The van der Waals surface area contributed by atoms with Crippen LogP contribution in [-0.4, -0.2) is 23.4 Å². The zero-order valence-corrected chi connectivity index (χ0v) is 15.8. The average molecular weight is 313 g/mol. The molecule has 0 nitrogen and oxygen atoms in total. The maximum absolute atomic E-state index is 5.50. The van der Waals surface area contributed by atoms with Crippen LogP contribution in [0.2, 0.25) is 0 Å². The predicted molar refractivity (Wildman–Crippen MR) is 102 cm³/mol. The first kappa shape index (κ1) is 20.0. The number of thiocarbonyl (C=S) groups is 1. The van der Waals surface area contributed by atoms with E-state index in [1.54, 1.807) is 0 Å². The van der Waals surface area contributed by atoms with Gasteiger partial charge in [-0.3, -0.25) is 0 Å². The summed E-state index contributed by atoms with van der Waals surface area (Å²) in [6.07, 6.45) is 8.11. The van der Waals surface area contributed by atoms with Gasteiger partial charge in [-0.05, 0) is 43.7 Å². The summed E-state index contributed by atoms with van der Waals surface area (Å²) in [6.45, 7) is 19.4. The van der Waals surface area contributed by atoms with Gasteiger partial charge in [0.1, 0.15) is 0 Å². The van der Waals surface area contributed by atoms with Gasteiger partial charge in [0, 0.05) is 10.8 Å². The van der Waals surface area contributed by atoms with Crippen LogP contribution in [0.1, 0.15) is 53.4 Å². The average Bonchev–Trinajstić information content (AvgIpc) is 2.38. The van der Waals surface area contributed by atoms with E-state index >= 15 is 0 Å². The fraction of sp³-hybridized carbons (Fsp3) is 0.722. The van der Waals surface area contributed by atoms with Crippen LogP contribution in [0, 0.1) is 11.8 Å². The molecule has 4 atom stereocenters. The summed E-state index contributed by atoms with van der Waals surface area (Å²) in [5.41, 5.74) is 2.14. The molecule has 0 N–H and O–H groups in total. The highest BCUT2D eigenvalue weighted by Crippen LogP contribution is 2.43. The van der Waals surface area contributed by atoms with Gasteiger partial charge in [0.25, 0.3) is 0 Å². The molecule has 0 heterocycles. The topological polar surface area (TPSA) is 0 Å². The molecule has 1 saturated carbocycles. The lowest BCUT2D eigenvalue weighted by Crippen LogP contribution is -2.25. The molecule has 1 fully saturated rings. The second-order valence-corrected chi connectivity index (χ2v) is 9.53. The summed E-state index contributed by atoms with van der Waals surface area (Å²) < 4.78 is 0. The first-order valence-electron chi connectivity index (χ1n) is 7.94. The SMILES string of the molecule is C=CC1C(=C)CC(CC(C)P(C)CC)CC1=S.CCC. The van der Waals surface area contributed by atoms with Crippen molar-refractivity contribution in [3.05, 3.63) is 24.8 Å². The third-order valence-electron chi connectivity index (χ3n) is 3.99. The van der Waals surface area contributed by atoms with Crippen molar-refractivity contribution in [2.24, 2.45) is 11.8 Å². The molecular weight excluding hydrogens is 279 g/mol. The smallest absolute Gasteiger partial charge is 0.0287 e. The molecule has 4 unspecified atom stereocenters. The van der Waals surface area contributed by atoms with Gasteiger partial charge in [-0.15, -0.1) is 14.5 Å². The summed E-state index contributed by atoms with van der Waals surface area (Å²) in [5, 5.41) is 0. The van der Waals surface area contributed by atoms with Crippen molar-refractivity contribution in [1.29, 1.82) is 0 Å². The van der Waals surface area contributed by atoms with E-state index in [-0.39, 0.29) is 7.92 Å². The summed E-state index contributed by atoms with van der Waals surface area (Å²) in [4.78, 5) is 1.16. The molecule has 2 heteroatoms. The molecule has 0 saturated heterocycles. The van der Waals surface area contributed by atoms with Crippen LogP contribution in [0.3, 0.4) is 0 Å². The molecule has 1 aliphatic rings. The Labute approximate surface area is 133 Å². The molecule has 116 valence electrons. The second-order valence-electron chi connectivity index (χ2n) is 5.98. The fourth-order valence-corrected chi connectivity index (χ4v) is 4.43. The summed E-state index contributed by atoms with van der Waals surface area (Å²) >= 11 is 5.50. The van der Waals surface area contributed by atoms with E-state index < -0.39 is 0 Å². The molecule has 0 aromatic heterocycles. The first-order valence-corrected chi connectivity index (χ1v) is 10.4. The molecule has 1 rings (SSSR count). The summed E-state index contributed by atoms with van der Waals surface area (Å²) in [7, 11) is 0.199. The molecule has 0 aliphatic heterocycles. The lowest BCUT2D eigenvalue weighted by molar-refractivity contribution is 0.467. The lowest BCUT2D eigenvalue weighted by Gasteiger charge is -2.32. The van der Waals surface area contributed by atoms with E-state index in [1.807, 2.05) is 6.08 Å². The Morgan fingerprint density at radius 3 is 2.30 bits per heavy atom. The van der Waals surface area contributed by atoms with E-state index in [0.29, 0.717) is 5.92 Å². The minimum atomic E-state index is 0.199. The Hall–Kier alpha value is -0.0000000000000000278. The van der Waals surface area contributed by atoms with E-state index in [4.69, 9.17) is 12.2 Å². The molecule has 0 amide bonds. The normalized spacial score (nSPS) is 25.4. The van der Waals surface area contributed by atoms with Gasteiger partial charge in [-0.25, -0.2) is 0 Å². The third kappa shape index (κ3) is 6.64. The van der Waals surface area contributed by atoms with Gasteiger partial charge < -0.3 is 0 Å². The van der Waals surface area contributed by atoms with Gasteiger partial charge in [0.15, 0.2) is 0 Å². The van der Waals surface area contributed by atoms with Gasteiger partial charge in [-0.1, -0.05) is 64.6 Å². The zero-order valence-electron chi connectivity index (χ0n) is 14.1. The van der Waals surface area contributed by atoms with Gasteiger partial charge in [-0.2, -0.15) is 0 Å². The molecular formula is C18H33PS. The van der Waals surface area contributed by atoms with Crippen molar-refractivity contribution >= 4 is 25.0 Å². The first-order chi connectivity index (χ1) is 9.40. The third-order valence-corrected chi connectivity index (χ3v) is 7.12. The molecule has 0 bridgehead atoms. The quantitative estimate of drug-likeness (QED) is 0.319. The predicted octanol–water partition coefficient (Wildman–Crippen LogP) is 6.45. The number of rotatable bonds is 5. The van der Waals surface area contributed by atoms with Crippen LogP contribution < -0.4 is 0 Å². The van der Waals surface area contributed by atoms with Crippen molar-refractivity contribution < 1.29 is 0 Å². The highest BCUT2D eigenvalue weighted by molar-refractivity contribution is 7.80.